The summed E-state index contributed by atoms with van der Waals surface area (Å²) in [6.45, 7) is 0.407. The van der Waals surface area contributed by atoms with E-state index in [2.05, 4.69) is 5.32 Å². The molecule has 1 amide bonds. The Kier molecular flexibility index (Phi) is 4.41. The zero-order valence-electron chi connectivity index (χ0n) is 7.76. The summed E-state index contributed by atoms with van der Waals surface area (Å²) in [6.07, 6.45) is 0.615. The standard InChI is InChI=1S/C10H8Cl2N2O/c11-8-2-1-7(5-9(8)12)3-4-14-10(15)6-13/h1-2,5H,3-4H2,(H,14,15). The van der Waals surface area contributed by atoms with Gasteiger partial charge in [0.25, 0.3) is 0 Å². The molecule has 1 N–H and O–H groups in total. The molecule has 0 aliphatic rings. The van der Waals surface area contributed by atoms with Crippen LogP contribution in [0.4, 0.5) is 0 Å². The highest BCUT2D eigenvalue weighted by molar-refractivity contribution is 6.42. The van der Waals surface area contributed by atoms with E-state index in [0.29, 0.717) is 23.0 Å². The molecule has 3 nitrogen and oxygen atoms in total. The van der Waals surface area contributed by atoms with Gasteiger partial charge in [-0.05, 0) is 24.1 Å². The molecule has 0 unspecified atom stereocenters. The predicted octanol–water partition coefficient (Wildman–Crippen LogP) is 2.18. The summed E-state index contributed by atoms with van der Waals surface area (Å²) in [5.41, 5.74) is 0.961. The Morgan fingerprint density at radius 1 is 1.40 bits per heavy atom. The van der Waals surface area contributed by atoms with Gasteiger partial charge < -0.3 is 5.32 Å². The zero-order chi connectivity index (χ0) is 11.3. The van der Waals surface area contributed by atoms with Crippen LogP contribution in [0.15, 0.2) is 18.2 Å². The van der Waals surface area contributed by atoms with Gasteiger partial charge in [0.2, 0.25) is 0 Å². The molecule has 0 bridgehead atoms. The van der Waals surface area contributed by atoms with Crippen molar-refractivity contribution in [1.82, 2.24) is 5.32 Å². The average Bonchev–Trinajstić information content (AvgIpc) is 2.23. The van der Waals surface area contributed by atoms with Gasteiger partial charge >= 0.3 is 5.91 Å². The van der Waals surface area contributed by atoms with Crippen molar-refractivity contribution in [2.24, 2.45) is 0 Å². The Hall–Kier alpha value is -1.24. The zero-order valence-corrected chi connectivity index (χ0v) is 9.27. The summed E-state index contributed by atoms with van der Waals surface area (Å²) in [6, 6.07) is 6.74. The van der Waals surface area contributed by atoms with E-state index in [4.69, 9.17) is 28.5 Å². The topological polar surface area (TPSA) is 52.9 Å². The molecule has 1 aromatic carbocycles. The summed E-state index contributed by atoms with van der Waals surface area (Å²) < 4.78 is 0. The molecule has 0 aliphatic heterocycles. The van der Waals surface area contributed by atoms with Crippen LogP contribution in [0.1, 0.15) is 5.56 Å². The first-order valence-electron chi connectivity index (χ1n) is 4.25. The van der Waals surface area contributed by atoms with Crippen molar-refractivity contribution in [3.05, 3.63) is 33.8 Å². The highest BCUT2D eigenvalue weighted by Gasteiger charge is 2.00. The largest absolute Gasteiger partial charge is 0.343 e. The van der Waals surface area contributed by atoms with E-state index in [0.717, 1.165) is 5.56 Å². The van der Waals surface area contributed by atoms with Crippen molar-refractivity contribution in [3.8, 4) is 6.07 Å². The minimum atomic E-state index is -0.630. The van der Waals surface area contributed by atoms with Crippen LogP contribution in [0.25, 0.3) is 0 Å². The number of carbonyl (C=O) groups is 1. The second-order valence-electron chi connectivity index (χ2n) is 2.87. The van der Waals surface area contributed by atoms with Crippen molar-refractivity contribution >= 4 is 29.1 Å². The maximum atomic E-state index is 10.6. The van der Waals surface area contributed by atoms with Gasteiger partial charge in [-0.1, -0.05) is 29.3 Å². The number of nitrogens with zero attached hydrogens (tertiary/aromatic N) is 1. The molecule has 0 fully saturated rings. The molecule has 78 valence electrons. The van der Waals surface area contributed by atoms with Crippen molar-refractivity contribution in [2.45, 2.75) is 6.42 Å². The van der Waals surface area contributed by atoms with Crippen molar-refractivity contribution in [3.63, 3.8) is 0 Å². The Morgan fingerprint density at radius 3 is 2.73 bits per heavy atom. The van der Waals surface area contributed by atoms with E-state index >= 15 is 0 Å². The minimum Gasteiger partial charge on any atom is -0.343 e. The monoisotopic (exact) mass is 242 g/mol. The maximum absolute atomic E-state index is 10.6. The second-order valence-corrected chi connectivity index (χ2v) is 3.68. The molecule has 1 rings (SSSR count). The number of halogens is 2. The van der Waals surface area contributed by atoms with Gasteiger partial charge in [0.05, 0.1) is 10.0 Å². The lowest BCUT2D eigenvalue weighted by Gasteiger charge is -2.03. The van der Waals surface area contributed by atoms with Gasteiger partial charge in [-0.3, -0.25) is 4.79 Å². The Labute approximate surface area is 97.6 Å². The number of nitrogens with one attached hydrogen (secondary N) is 1. The lowest BCUT2D eigenvalue weighted by atomic mass is 10.1. The molecule has 5 heteroatoms. The molecule has 0 heterocycles. The fourth-order valence-electron chi connectivity index (χ4n) is 1.06. The Morgan fingerprint density at radius 2 is 2.13 bits per heavy atom. The van der Waals surface area contributed by atoms with Crippen LogP contribution in [-0.2, 0) is 11.2 Å². The van der Waals surface area contributed by atoms with Gasteiger partial charge in [0.15, 0.2) is 6.07 Å². The van der Waals surface area contributed by atoms with Crippen LogP contribution >= 0.6 is 23.2 Å². The van der Waals surface area contributed by atoms with Crippen LogP contribution in [0.3, 0.4) is 0 Å². The average molecular weight is 243 g/mol. The molecule has 0 saturated carbocycles. The Balaban J connectivity index is 2.49. The highest BCUT2D eigenvalue weighted by atomic mass is 35.5. The molecular formula is C10H8Cl2N2O. The fraction of sp³-hybridized carbons (Fsp3) is 0.200. The van der Waals surface area contributed by atoms with Crippen LogP contribution < -0.4 is 5.32 Å². The number of rotatable bonds is 3. The van der Waals surface area contributed by atoms with E-state index in [-0.39, 0.29) is 0 Å². The third-order valence-electron chi connectivity index (χ3n) is 1.78. The number of hydrogen-bond donors (Lipinski definition) is 1. The van der Waals surface area contributed by atoms with Crippen LogP contribution in [0, 0.1) is 11.3 Å². The minimum absolute atomic E-state index is 0.407. The fourth-order valence-corrected chi connectivity index (χ4v) is 1.38. The van der Waals surface area contributed by atoms with Gasteiger partial charge in [-0.2, -0.15) is 5.26 Å². The number of carbonyl (C=O) groups excluding carboxylic acids is 1. The smallest absolute Gasteiger partial charge is 0.322 e. The number of nitriles is 1. The van der Waals surface area contributed by atoms with E-state index in [9.17, 15) is 4.79 Å². The molecule has 0 aromatic heterocycles. The van der Waals surface area contributed by atoms with E-state index in [1.165, 1.54) is 6.07 Å². The number of benzene rings is 1. The molecule has 0 radical (unpaired) electrons. The Bertz CT molecular complexity index is 412. The van der Waals surface area contributed by atoms with E-state index < -0.39 is 5.91 Å². The summed E-state index contributed by atoms with van der Waals surface area (Å²) in [7, 11) is 0. The number of hydrogen-bond acceptors (Lipinski definition) is 2. The molecule has 15 heavy (non-hydrogen) atoms. The lowest BCUT2D eigenvalue weighted by Crippen LogP contribution is -2.23. The van der Waals surface area contributed by atoms with E-state index in [1.807, 2.05) is 6.07 Å². The normalized spacial score (nSPS) is 9.40. The molecule has 1 aromatic rings. The van der Waals surface area contributed by atoms with Crippen molar-refractivity contribution in [2.75, 3.05) is 6.54 Å². The van der Waals surface area contributed by atoms with Gasteiger partial charge in [-0.25, -0.2) is 0 Å². The molecule has 0 spiro atoms. The quantitative estimate of drug-likeness (QED) is 0.827. The third-order valence-corrected chi connectivity index (χ3v) is 2.52. The molecule has 0 atom stereocenters. The first-order valence-corrected chi connectivity index (χ1v) is 5.01. The van der Waals surface area contributed by atoms with Crippen LogP contribution in [0.5, 0.6) is 0 Å². The predicted molar refractivity (Wildman–Crippen MR) is 58.8 cm³/mol. The summed E-state index contributed by atoms with van der Waals surface area (Å²) >= 11 is 11.6. The maximum Gasteiger partial charge on any atom is 0.322 e. The highest BCUT2D eigenvalue weighted by Crippen LogP contribution is 2.22. The molecule has 0 saturated heterocycles. The second kappa shape index (κ2) is 5.59. The lowest BCUT2D eigenvalue weighted by molar-refractivity contribution is -0.115. The summed E-state index contributed by atoms with van der Waals surface area (Å²) in [5.74, 6) is -0.630. The van der Waals surface area contributed by atoms with E-state index in [1.54, 1.807) is 12.1 Å². The van der Waals surface area contributed by atoms with Crippen molar-refractivity contribution in [1.29, 1.82) is 5.26 Å². The third kappa shape index (κ3) is 3.78. The van der Waals surface area contributed by atoms with Crippen molar-refractivity contribution < 1.29 is 4.79 Å². The summed E-state index contributed by atoms with van der Waals surface area (Å²) in [5, 5.41) is 11.6. The first-order chi connectivity index (χ1) is 7.13. The molecular weight excluding hydrogens is 235 g/mol. The van der Waals surface area contributed by atoms with Crippen LogP contribution in [0.2, 0.25) is 10.0 Å². The van der Waals surface area contributed by atoms with Gasteiger partial charge in [0, 0.05) is 6.54 Å². The SMILES string of the molecule is N#CC(=O)NCCc1ccc(Cl)c(Cl)c1. The first kappa shape index (κ1) is 11.8. The van der Waals surface area contributed by atoms with Gasteiger partial charge in [0.1, 0.15) is 0 Å². The number of amides is 1. The van der Waals surface area contributed by atoms with Gasteiger partial charge in [-0.15, -0.1) is 0 Å². The summed E-state index contributed by atoms with van der Waals surface area (Å²) in [4.78, 5) is 10.6. The van der Waals surface area contributed by atoms with Crippen LogP contribution in [-0.4, -0.2) is 12.5 Å². The molecule has 0 aliphatic carbocycles.